The number of aryl methyl sites for hydroxylation is 1. The Morgan fingerprint density at radius 3 is 2.63 bits per heavy atom. The third-order valence-electron chi connectivity index (χ3n) is 4.25. The lowest BCUT2D eigenvalue weighted by Crippen LogP contribution is -2.14. The summed E-state index contributed by atoms with van der Waals surface area (Å²) in [5, 5.41) is 2.90. The van der Waals surface area contributed by atoms with Crippen LogP contribution in [0.15, 0.2) is 47.3 Å². The molecule has 0 bridgehead atoms. The molecule has 0 radical (unpaired) electrons. The fraction of sp³-hybridized carbons (Fsp3) is 0.333. The summed E-state index contributed by atoms with van der Waals surface area (Å²) in [6.07, 6.45) is 1.02. The summed E-state index contributed by atoms with van der Waals surface area (Å²) in [4.78, 5) is 24.3. The van der Waals surface area contributed by atoms with Crippen LogP contribution >= 0.6 is 11.3 Å². The molecule has 0 aliphatic heterocycles. The lowest BCUT2D eigenvalue weighted by atomic mass is 10.2. The molecule has 3 rings (SSSR count). The Balaban J connectivity index is 1.53. The summed E-state index contributed by atoms with van der Waals surface area (Å²) in [5.41, 5.74) is 2.81. The molecule has 6 heteroatoms. The molecule has 3 aromatic rings. The summed E-state index contributed by atoms with van der Waals surface area (Å²) in [6, 6.07) is 13.6. The number of hydrogen-bond acceptors (Lipinski definition) is 4. The maximum Gasteiger partial charge on any atom is 0.308 e. The molecule has 2 aromatic carbocycles. The van der Waals surface area contributed by atoms with Gasteiger partial charge in [0.2, 0.25) is 5.91 Å². The van der Waals surface area contributed by atoms with Gasteiger partial charge in [0, 0.05) is 18.2 Å². The van der Waals surface area contributed by atoms with Gasteiger partial charge in [-0.3, -0.25) is 14.2 Å². The van der Waals surface area contributed by atoms with Gasteiger partial charge in [-0.2, -0.15) is 0 Å². The number of hydrogen-bond donors (Lipinski definition) is 1. The van der Waals surface area contributed by atoms with Gasteiger partial charge < -0.3 is 10.1 Å². The molecule has 0 unspecified atom stereocenters. The van der Waals surface area contributed by atoms with Crippen molar-refractivity contribution in [2.24, 2.45) is 0 Å². The molecule has 1 heterocycles. The fourth-order valence-corrected chi connectivity index (χ4v) is 3.94. The van der Waals surface area contributed by atoms with Crippen molar-refractivity contribution in [3.63, 3.8) is 0 Å². The molecule has 0 saturated carbocycles. The lowest BCUT2D eigenvalue weighted by Gasteiger charge is -2.09. The van der Waals surface area contributed by atoms with Crippen LogP contribution in [0.3, 0.4) is 0 Å². The largest absolute Gasteiger partial charge is 0.494 e. The first-order valence-electron chi connectivity index (χ1n) is 9.08. The van der Waals surface area contributed by atoms with Crippen molar-refractivity contribution < 1.29 is 9.53 Å². The topological polar surface area (TPSA) is 60.3 Å². The third-order valence-corrected chi connectivity index (χ3v) is 5.17. The zero-order valence-corrected chi connectivity index (χ0v) is 16.6. The van der Waals surface area contributed by atoms with E-state index >= 15 is 0 Å². The first kappa shape index (κ1) is 19.2. The van der Waals surface area contributed by atoms with E-state index in [0.29, 0.717) is 25.1 Å². The van der Waals surface area contributed by atoms with Crippen LogP contribution in [0.1, 0.15) is 38.3 Å². The Labute approximate surface area is 162 Å². The van der Waals surface area contributed by atoms with E-state index in [4.69, 9.17) is 4.74 Å². The van der Waals surface area contributed by atoms with E-state index in [-0.39, 0.29) is 16.8 Å². The second kappa shape index (κ2) is 8.39. The van der Waals surface area contributed by atoms with Crippen molar-refractivity contribution in [2.45, 2.75) is 39.7 Å². The van der Waals surface area contributed by atoms with Crippen LogP contribution in [0, 0.1) is 6.92 Å². The van der Waals surface area contributed by atoms with Gasteiger partial charge >= 0.3 is 4.87 Å². The second-order valence-corrected chi connectivity index (χ2v) is 7.82. The highest BCUT2D eigenvalue weighted by molar-refractivity contribution is 7.16. The number of thiazole rings is 1. The standard InChI is InChI=1S/C21H24N2O3S/c1-14(2)23-18-11-8-16(13-19(18)27-21(23)25)22-20(24)5-4-12-26-17-9-6-15(3)7-10-17/h6-11,13-14H,4-5,12H2,1-3H3,(H,22,24). The van der Waals surface area contributed by atoms with Crippen LogP contribution in [0.4, 0.5) is 5.69 Å². The Kier molecular flexibility index (Phi) is 5.96. The molecular formula is C21H24N2O3S. The molecule has 142 valence electrons. The average Bonchev–Trinajstić information content (AvgIpc) is 2.95. The molecule has 0 fully saturated rings. The molecule has 0 aliphatic rings. The van der Waals surface area contributed by atoms with Gasteiger partial charge in [-0.05, 0) is 57.5 Å². The molecule has 0 atom stereocenters. The van der Waals surface area contributed by atoms with Gasteiger partial charge in [-0.15, -0.1) is 0 Å². The van der Waals surface area contributed by atoms with Crippen LogP contribution in [0.25, 0.3) is 10.2 Å². The number of nitrogens with zero attached hydrogens (tertiary/aromatic N) is 1. The first-order valence-corrected chi connectivity index (χ1v) is 9.90. The Morgan fingerprint density at radius 1 is 1.19 bits per heavy atom. The third kappa shape index (κ3) is 4.77. The van der Waals surface area contributed by atoms with Crippen molar-refractivity contribution in [3.8, 4) is 5.75 Å². The lowest BCUT2D eigenvalue weighted by molar-refractivity contribution is -0.116. The predicted octanol–water partition coefficient (Wildman–Crippen LogP) is 4.75. The summed E-state index contributed by atoms with van der Waals surface area (Å²) in [6.45, 7) is 6.50. The van der Waals surface area contributed by atoms with E-state index in [1.165, 1.54) is 16.9 Å². The zero-order valence-electron chi connectivity index (χ0n) is 15.8. The number of carbonyl (C=O) groups is 1. The number of benzene rings is 2. The quantitative estimate of drug-likeness (QED) is 0.598. The number of rotatable bonds is 7. The smallest absolute Gasteiger partial charge is 0.308 e. The van der Waals surface area contributed by atoms with Crippen LogP contribution in [0.2, 0.25) is 0 Å². The minimum atomic E-state index is -0.0579. The van der Waals surface area contributed by atoms with Gasteiger partial charge in [-0.1, -0.05) is 29.0 Å². The molecule has 27 heavy (non-hydrogen) atoms. The van der Waals surface area contributed by atoms with Crippen molar-refractivity contribution in [3.05, 3.63) is 57.7 Å². The van der Waals surface area contributed by atoms with Crippen molar-refractivity contribution in [1.29, 1.82) is 0 Å². The van der Waals surface area contributed by atoms with Gasteiger partial charge in [0.15, 0.2) is 0 Å². The van der Waals surface area contributed by atoms with Gasteiger partial charge in [0.05, 0.1) is 16.8 Å². The normalized spacial score (nSPS) is 11.1. The number of ether oxygens (including phenoxy) is 1. The molecule has 5 nitrogen and oxygen atoms in total. The molecule has 1 aromatic heterocycles. The monoisotopic (exact) mass is 384 g/mol. The van der Waals surface area contributed by atoms with Gasteiger partial charge in [0.25, 0.3) is 0 Å². The SMILES string of the molecule is Cc1ccc(OCCCC(=O)Nc2ccc3c(c2)sc(=O)n3C(C)C)cc1. The van der Waals surface area contributed by atoms with Crippen LogP contribution < -0.4 is 14.9 Å². The van der Waals surface area contributed by atoms with Crippen molar-refractivity contribution >= 4 is 33.1 Å². The Bertz CT molecular complexity index is 987. The summed E-state index contributed by atoms with van der Waals surface area (Å²) < 4.78 is 8.30. The van der Waals surface area contributed by atoms with Crippen LogP contribution in [-0.4, -0.2) is 17.1 Å². The highest BCUT2D eigenvalue weighted by Gasteiger charge is 2.11. The van der Waals surface area contributed by atoms with Gasteiger partial charge in [-0.25, -0.2) is 0 Å². The molecule has 0 spiro atoms. The molecule has 1 amide bonds. The van der Waals surface area contributed by atoms with E-state index in [2.05, 4.69) is 5.32 Å². The number of amides is 1. The number of fused-ring (bicyclic) bond motifs is 1. The Morgan fingerprint density at radius 2 is 1.93 bits per heavy atom. The Hall–Kier alpha value is -2.60. The fourth-order valence-electron chi connectivity index (χ4n) is 2.88. The molecule has 0 aliphatic carbocycles. The highest BCUT2D eigenvalue weighted by atomic mass is 32.1. The highest BCUT2D eigenvalue weighted by Crippen LogP contribution is 2.24. The van der Waals surface area contributed by atoms with Crippen LogP contribution in [-0.2, 0) is 4.79 Å². The van der Waals surface area contributed by atoms with Crippen molar-refractivity contribution in [1.82, 2.24) is 4.57 Å². The number of aromatic nitrogens is 1. The predicted molar refractivity (Wildman–Crippen MR) is 111 cm³/mol. The number of anilines is 1. The minimum Gasteiger partial charge on any atom is -0.494 e. The summed E-state index contributed by atoms with van der Waals surface area (Å²) >= 11 is 1.20. The van der Waals surface area contributed by atoms with E-state index < -0.39 is 0 Å². The van der Waals surface area contributed by atoms with E-state index in [1.807, 2.05) is 63.2 Å². The molecular weight excluding hydrogens is 360 g/mol. The van der Waals surface area contributed by atoms with E-state index in [1.54, 1.807) is 4.57 Å². The molecule has 0 saturated heterocycles. The van der Waals surface area contributed by atoms with Crippen molar-refractivity contribution in [2.75, 3.05) is 11.9 Å². The number of carbonyl (C=O) groups excluding carboxylic acids is 1. The maximum absolute atomic E-state index is 12.2. The second-order valence-electron chi connectivity index (χ2n) is 6.83. The first-order chi connectivity index (χ1) is 12.9. The maximum atomic E-state index is 12.2. The minimum absolute atomic E-state index is 0.0248. The van der Waals surface area contributed by atoms with E-state index in [9.17, 15) is 9.59 Å². The summed E-state index contributed by atoms with van der Waals surface area (Å²) in [7, 11) is 0. The van der Waals surface area contributed by atoms with Crippen LogP contribution in [0.5, 0.6) is 5.75 Å². The zero-order chi connectivity index (χ0) is 19.4. The van der Waals surface area contributed by atoms with Gasteiger partial charge in [0.1, 0.15) is 5.75 Å². The average molecular weight is 385 g/mol. The summed E-state index contributed by atoms with van der Waals surface area (Å²) in [5.74, 6) is 0.758. The van der Waals surface area contributed by atoms with E-state index in [0.717, 1.165) is 16.0 Å². The molecule has 1 N–H and O–H groups in total. The number of nitrogens with one attached hydrogen (secondary N) is 1.